The number of aryl methyl sites for hydroxylation is 1. The summed E-state index contributed by atoms with van der Waals surface area (Å²) in [4.78, 5) is 26.7. The molecular weight excluding hydrogens is 356 g/mol. The molecule has 26 heavy (non-hydrogen) atoms. The van der Waals surface area contributed by atoms with Crippen LogP contribution in [0.1, 0.15) is 16.7 Å². The van der Waals surface area contributed by atoms with E-state index in [0.29, 0.717) is 16.2 Å². The standard InChI is InChI=1S/C19H13ClN2O4/c1-12-7-8-14(10-17(12)22(24)25)18-21-16(19(23)26-18)11-15(20)9-13-5-3-2-4-6-13/h2-11H,1H3. The number of nitro benzene ring substituents is 1. The van der Waals surface area contributed by atoms with Crippen molar-refractivity contribution in [2.24, 2.45) is 4.99 Å². The van der Waals surface area contributed by atoms with E-state index in [4.69, 9.17) is 16.3 Å². The van der Waals surface area contributed by atoms with Crippen molar-refractivity contribution < 1.29 is 14.5 Å². The van der Waals surface area contributed by atoms with Gasteiger partial charge in [-0.05, 0) is 30.7 Å². The maximum Gasteiger partial charge on any atom is 0.363 e. The van der Waals surface area contributed by atoms with E-state index in [0.717, 1.165) is 5.56 Å². The average molecular weight is 369 g/mol. The number of rotatable bonds is 4. The molecule has 1 aliphatic rings. The Kier molecular flexibility index (Phi) is 4.95. The summed E-state index contributed by atoms with van der Waals surface area (Å²) in [7, 11) is 0. The van der Waals surface area contributed by atoms with Crippen molar-refractivity contribution in [3.63, 3.8) is 0 Å². The first kappa shape index (κ1) is 17.6. The molecule has 0 N–H and O–H groups in total. The predicted molar refractivity (Wildman–Crippen MR) is 98.8 cm³/mol. The van der Waals surface area contributed by atoms with Gasteiger partial charge in [0.25, 0.3) is 5.69 Å². The Labute approximate surface area is 154 Å². The highest BCUT2D eigenvalue weighted by atomic mass is 35.5. The zero-order valence-corrected chi connectivity index (χ0v) is 14.4. The van der Waals surface area contributed by atoms with Crippen molar-refractivity contribution in [2.45, 2.75) is 6.92 Å². The summed E-state index contributed by atoms with van der Waals surface area (Å²) in [5, 5.41) is 11.4. The normalized spacial score (nSPS) is 15.8. The van der Waals surface area contributed by atoms with Crippen LogP contribution in [0.2, 0.25) is 0 Å². The van der Waals surface area contributed by atoms with E-state index in [1.54, 1.807) is 25.1 Å². The third-order valence-corrected chi connectivity index (χ3v) is 3.87. The number of halogens is 1. The van der Waals surface area contributed by atoms with Crippen LogP contribution in [0.5, 0.6) is 0 Å². The summed E-state index contributed by atoms with van der Waals surface area (Å²) < 4.78 is 5.12. The third-order valence-electron chi connectivity index (χ3n) is 3.65. The van der Waals surface area contributed by atoms with Crippen molar-refractivity contribution in [3.05, 3.63) is 92.1 Å². The molecule has 130 valence electrons. The largest absolute Gasteiger partial charge is 0.402 e. The number of allylic oxidation sites excluding steroid dienone is 2. The lowest BCUT2D eigenvalue weighted by Crippen LogP contribution is -2.06. The first-order valence-corrected chi connectivity index (χ1v) is 8.02. The van der Waals surface area contributed by atoms with Gasteiger partial charge in [0.2, 0.25) is 5.90 Å². The van der Waals surface area contributed by atoms with Gasteiger partial charge in [0.15, 0.2) is 5.70 Å². The molecule has 0 atom stereocenters. The molecule has 7 heteroatoms. The summed E-state index contributed by atoms with van der Waals surface area (Å²) >= 11 is 6.16. The number of hydrogen-bond acceptors (Lipinski definition) is 5. The van der Waals surface area contributed by atoms with Gasteiger partial charge in [-0.2, -0.15) is 0 Å². The fourth-order valence-corrected chi connectivity index (χ4v) is 2.58. The summed E-state index contributed by atoms with van der Waals surface area (Å²) in [6, 6.07) is 13.9. The molecule has 0 saturated heterocycles. The van der Waals surface area contributed by atoms with E-state index in [1.807, 2.05) is 30.3 Å². The number of esters is 1. The van der Waals surface area contributed by atoms with Gasteiger partial charge in [-0.3, -0.25) is 10.1 Å². The van der Waals surface area contributed by atoms with Crippen molar-refractivity contribution >= 4 is 35.2 Å². The van der Waals surface area contributed by atoms with Crippen molar-refractivity contribution in [1.29, 1.82) is 0 Å². The zero-order valence-electron chi connectivity index (χ0n) is 13.7. The zero-order chi connectivity index (χ0) is 18.7. The lowest BCUT2D eigenvalue weighted by atomic mass is 10.1. The minimum absolute atomic E-state index is 0.00790. The van der Waals surface area contributed by atoms with E-state index in [2.05, 4.69) is 4.99 Å². The average Bonchev–Trinajstić information content (AvgIpc) is 2.96. The fraction of sp³-hybridized carbons (Fsp3) is 0.0526. The summed E-state index contributed by atoms with van der Waals surface area (Å²) in [5.41, 5.74) is 1.69. The number of carbonyl (C=O) groups is 1. The molecule has 0 fully saturated rings. The van der Waals surface area contributed by atoms with Crippen molar-refractivity contribution in [2.75, 3.05) is 0 Å². The van der Waals surface area contributed by atoms with Crippen molar-refractivity contribution in [3.8, 4) is 0 Å². The first-order valence-electron chi connectivity index (χ1n) is 7.64. The lowest BCUT2D eigenvalue weighted by Gasteiger charge is -2.01. The minimum atomic E-state index is -0.664. The second-order valence-corrected chi connectivity index (χ2v) is 5.97. The van der Waals surface area contributed by atoms with Gasteiger partial charge in [0.1, 0.15) is 0 Å². The lowest BCUT2D eigenvalue weighted by molar-refractivity contribution is -0.385. The molecular formula is C19H13ClN2O4. The van der Waals surface area contributed by atoms with E-state index < -0.39 is 10.9 Å². The Hall–Kier alpha value is -3.25. The van der Waals surface area contributed by atoms with E-state index >= 15 is 0 Å². The number of hydrogen-bond donors (Lipinski definition) is 0. The topological polar surface area (TPSA) is 81.8 Å². The van der Waals surface area contributed by atoms with Gasteiger partial charge in [-0.15, -0.1) is 0 Å². The summed E-state index contributed by atoms with van der Waals surface area (Å²) in [6.07, 6.45) is 3.08. The number of ether oxygens (including phenoxy) is 1. The van der Waals surface area contributed by atoms with E-state index in [1.165, 1.54) is 12.1 Å². The maximum atomic E-state index is 12.0. The molecule has 0 aliphatic carbocycles. The SMILES string of the molecule is Cc1ccc(C2=NC(=CC(Cl)=Cc3ccccc3)C(=O)O2)cc1[N+](=O)[O-]. The molecule has 0 saturated carbocycles. The highest BCUT2D eigenvalue weighted by Gasteiger charge is 2.26. The molecule has 0 spiro atoms. The molecule has 1 aliphatic heterocycles. The second kappa shape index (κ2) is 7.33. The first-order chi connectivity index (χ1) is 12.4. The number of nitrogens with zero attached hydrogens (tertiary/aromatic N) is 2. The van der Waals surface area contributed by atoms with Crippen LogP contribution < -0.4 is 0 Å². The molecule has 1 heterocycles. The third kappa shape index (κ3) is 3.87. The molecule has 0 aromatic heterocycles. The van der Waals surface area contributed by atoms with Crippen LogP contribution in [0.15, 0.2) is 70.3 Å². The van der Waals surface area contributed by atoms with Gasteiger partial charge in [-0.25, -0.2) is 9.79 Å². The van der Waals surface area contributed by atoms with Crippen LogP contribution in [-0.2, 0) is 9.53 Å². The van der Waals surface area contributed by atoms with Crippen LogP contribution in [0.25, 0.3) is 6.08 Å². The predicted octanol–water partition coefficient (Wildman–Crippen LogP) is 4.37. The molecule has 3 rings (SSSR count). The van der Waals surface area contributed by atoms with E-state index in [9.17, 15) is 14.9 Å². The molecule has 6 nitrogen and oxygen atoms in total. The van der Waals surface area contributed by atoms with Gasteiger partial charge in [0, 0.05) is 22.2 Å². The molecule has 2 aromatic carbocycles. The summed E-state index contributed by atoms with van der Waals surface area (Å²) in [6.45, 7) is 1.63. The smallest absolute Gasteiger partial charge is 0.363 e. The number of aliphatic imine (C=N–C) groups is 1. The van der Waals surface area contributed by atoms with Crippen LogP contribution in [0.3, 0.4) is 0 Å². The Bertz CT molecular complexity index is 978. The molecule has 0 unspecified atom stereocenters. The Morgan fingerprint density at radius 1 is 1.23 bits per heavy atom. The molecule has 0 amide bonds. The van der Waals surface area contributed by atoms with Gasteiger partial charge >= 0.3 is 5.97 Å². The van der Waals surface area contributed by atoms with Crippen LogP contribution in [-0.4, -0.2) is 16.8 Å². The number of carbonyl (C=O) groups excluding carboxylic acids is 1. The number of cyclic esters (lactones) is 1. The monoisotopic (exact) mass is 368 g/mol. The molecule has 0 bridgehead atoms. The number of nitro groups is 1. The van der Waals surface area contributed by atoms with E-state index in [-0.39, 0.29) is 17.3 Å². The van der Waals surface area contributed by atoms with Crippen LogP contribution in [0, 0.1) is 17.0 Å². The highest BCUT2D eigenvalue weighted by molar-refractivity contribution is 6.33. The quantitative estimate of drug-likeness (QED) is 0.347. The second-order valence-electron chi connectivity index (χ2n) is 5.53. The summed E-state index contributed by atoms with van der Waals surface area (Å²) in [5.74, 6) is -0.656. The highest BCUT2D eigenvalue weighted by Crippen LogP contribution is 2.24. The van der Waals surface area contributed by atoms with Crippen LogP contribution >= 0.6 is 11.6 Å². The number of benzene rings is 2. The maximum absolute atomic E-state index is 12.0. The molecule has 0 radical (unpaired) electrons. The Balaban J connectivity index is 1.91. The van der Waals surface area contributed by atoms with Gasteiger partial charge in [0.05, 0.1) is 4.92 Å². The van der Waals surface area contributed by atoms with Crippen molar-refractivity contribution in [1.82, 2.24) is 0 Å². The Morgan fingerprint density at radius 2 is 1.96 bits per heavy atom. The molecule has 2 aromatic rings. The van der Waals surface area contributed by atoms with Gasteiger partial charge in [-0.1, -0.05) is 48.0 Å². The van der Waals surface area contributed by atoms with Crippen LogP contribution in [0.4, 0.5) is 5.69 Å². The fourth-order valence-electron chi connectivity index (χ4n) is 2.35. The Morgan fingerprint density at radius 3 is 2.65 bits per heavy atom. The minimum Gasteiger partial charge on any atom is -0.402 e. The van der Waals surface area contributed by atoms with Gasteiger partial charge < -0.3 is 4.74 Å².